The molecule has 0 radical (unpaired) electrons. The van der Waals surface area contributed by atoms with Crippen molar-refractivity contribution in [2.45, 2.75) is 13.0 Å². The molecule has 1 unspecified atom stereocenters. The van der Waals surface area contributed by atoms with Crippen molar-refractivity contribution in [3.63, 3.8) is 0 Å². The van der Waals surface area contributed by atoms with Crippen LogP contribution in [0.4, 0.5) is 0 Å². The smallest absolute Gasteiger partial charge is 0.0717 e. The van der Waals surface area contributed by atoms with Crippen LogP contribution < -0.4 is 5.32 Å². The Hall–Kier alpha value is -0.0900. The topological polar surface area (TPSA) is 21.3 Å². The molecule has 1 fully saturated rings. The molecule has 90 valence electrons. The van der Waals surface area contributed by atoms with E-state index in [0.717, 1.165) is 30.8 Å². The summed E-state index contributed by atoms with van der Waals surface area (Å²) in [7, 11) is 0. The Morgan fingerprint density at radius 3 is 3.00 bits per heavy atom. The van der Waals surface area contributed by atoms with Crippen molar-refractivity contribution in [2.75, 3.05) is 19.7 Å². The quantitative estimate of drug-likeness (QED) is 0.923. The van der Waals surface area contributed by atoms with Gasteiger partial charge < -0.3 is 10.1 Å². The lowest BCUT2D eigenvalue weighted by Crippen LogP contribution is -2.13. The molecule has 1 heterocycles. The molecule has 1 aliphatic heterocycles. The fraction of sp³-hybridized carbons (Fsp3) is 0.500. The van der Waals surface area contributed by atoms with Crippen LogP contribution in [-0.4, -0.2) is 19.7 Å². The van der Waals surface area contributed by atoms with Gasteiger partial charge in [-0.2, -0.15) is 0 Å². The van der Waals surface area contributed by atoms with Gasteiger partial charge in [0.2, 0.25) is 0 Å². The third kappa shape index (κ3) is 4.42. The van der Waals surface area contributed by atoms with Gasteiger partial charge in [0.1, 0.15) is 0 Å². The van der Waals surface area contributed by atoms with Crippen LogP contribution in [0, 0.1) is 5.92 Å². The first-order valence-corrected chi connectivity index (χ1v) is 6.17. The van der Waals surface area contributed by atoms with E-state index in [9.17, 15) is 0 Å². The molecule has 0 bridgehead atoms. The summed E-state index contributed by atoms with van der Waals surface area (Å²) in [5.74, 6) is 0.706. The number of hydrogen-bond acceptors (Lipinski definition) is 2. The van der Waals surface area contributed by atoms with Crippen molar-refractivity contribution in [3.8, 4) is 0 Å². The maximum absolute atomic E-state index is 5.70. The molecule has 0 amide bonds. The summed E-state index contributed by atoms with van der Waals surface area (Å²) in [6.07, 6.45) is 1.25. The summed E-state index contributed by atoms with van der Waals surface area (Å²) in [6, 6.07) is 8.27. The normalized spacial score (nSPS) is 19.4. The van der Waals surface area contributed by atoms with Crippen LogP contribution in [0.25, 0.3) is 0 Å². The highest BCUT2D eigenvalue weighted by Gasteiger charge is 2.13. The first-order valence-electron chi connectivity index (χ1n) is 5.37. The standard InChI is InChI=1S/C12H16BrNO.ClH/c13-12-3-1-2-10(6-12)8-15-9-11-4-5-14-7-11;/h1-3,6,11,14H,4-5,7-9H2;1H. The van der Waals surface area contributed by atoms with Gasteiger partial charge in [0.25, 0.3) is 0 Å². The lowest BCUT2D eigenvalue weighted by atomic mass is 10.1. The Balaban J connectivity index is 0.00000128. The summed E-state index contributed by atoms with van der Waals surface area (Å²) < 4.78 is 6.81. The van der Waals surface area contributed by atoms with Gasteiger partial charge >= 0.3 is 0 Å². The fourth-order valence-corrected chi connectivity index (χ4v) is 2.27. The van der Waals surface area contributed by atoms with Gasteiger partial charge in [-0.05, 0) is 36.6 Å². The average molecular weight is 307 g/mol. The molecule has 1 saturated heterocycles. The lowest BCUT2D eigenvalue weighted by Gasteiger charge is -2.09. The molecule has 1 N–H and O–H groups in total. The second-order valence-corrected chi connectivity index (χ2v) is 4.92. The number of ether oxygens (including phenoxy) is 1. The Bertz CT molecular complexity index is 316. The van der Waals surface area contributed by atoms with Gasteiger partial charge in [-0.3, -0.25) is 0 Å². The van der Waals surface area contributed by atoms with Crippen LogP contribution in [0.2, 0.25) is 0 Å². The van der Waals surface area contributed by atoms with Crippen LogP contribution in [0.1, 0.15) is 12.0 Å². The zero-order valence-corrected chi connectivity index (χ0v) is 11.5. The second-order valence-electron chi connectivity index (χ2n) is 4.00. The van der Waals surface area contributed by atoms with E-state index >= 15 is 0 Å². The minimum absolute atomic E-state index is 0. The molecular weight excluding hydrogens is 289 g/mol. The number of rotatable bonds is 4. The van der Waals surface area contributed by atoms with Crippen molar-refractivity contribution >= 4 is 28.3 Å². The number of nitrogens with one attached hydrogen (secondary N) is 1. The maximum Gasteiger partial charge on any atom is 0.0717 e. The minimum atomic E-state index is 0. The number of halogens is 2. The fourth-order valence-electron chi connectivity index (χ4n) is 1.83. The van der Waals surface area contributed by atoms with Gasteiger partial charge in [-0.1, -0.05) is 28.1 Å². The van der Waals surface area contributed by atoms with E-state index in [4.69, 9.17) is 4.74 Å². The van der Waals surface area contributed by atoms with E-state index in [-0.39, 0.29) is 12.4 Å². The third-order valence-electron chi connectivity index (χ3n) is 2.67. The van der Waals surface area contributed by atoms with Crippen molar-refractivity contribution in [1.82, 2.24) is 5.32 Å². The van der Waals surface area contributed by atoms with Gasteiger partial charge in [0.05, 0.1) is 13.2 Å². The monoisotopic (exact) mass is 305 g/mol. The Morgan fingerprint density at radius 2 is 2.31 bits per heavy atom. The molecular formula is C12H17BrClNO. The van der Waals surface area contributed by atoms with Crippen LogP contribution in [-0.2, 0) is 11.3 Å². The van der Waals surface area contributed by atoms with E-state index in [2.05, 4.69) is 33.4 Å². The largest absolute Gasteiger partial charge is 0.376 e. The summed E-state index contributed by atoms with van der Waals surface area (Å²) >= 11 is 3.45. The molecule has 1 aliphatic rings. The van der Waals surface area contributed by atoms with E-state index in [1.54, 1.807) is 0 Å². The van der Waals surface area contributed by atoms with E-state index in [0.29, 0.717) is 5.92 Å². The highest BCUT2D eigenvalue weighted by molar-refractivity contribution is 9.10. The zero-order valence-electron chi connectivity index (χ0n) is 9.12. The molecule has 0 spiro atoms. The van der Waals surface area contributed by atoms with Crippen molar-refractivity contribution in [3.05, 3.63) is 34.3 Å². The van der Waals surface area contributed by atoms with Crippen molar-refractivity contribution in [1.29, 1.82) is 0 Å². The molecule has 0 aliphatic carbocycles. The maximum atomic E-state index is 5.70. The molecule has 1 aromatic rings. The Kier molecular flexibility index (Phi) is 6.36. The molecule has 2 rings (SSSR count). The molecule has 2 nitrogen and oxygen atoms in total. The number of hydrogen-bond donors (Lipinski definition) is 1. The van der Waals surface area contributed by atoms with Crippen LogP contribution in [0.15, 0.2) is 28.7 Å². The van der Waals surface area contributed by atoms with Crippen LogP contribution in [0.5, 0.6) is 0 Å². The second kappa shape index (κ2) is 7.28. The van der Waals surface area contributed by atoms with Gasteiger partial charge in [-0.15, -0.1) is 12.4 Å². The van der Waals surface area contributed by atoms with E-state index in [1.165, 1.54) is 12.0 Å². The van der Waals surface area contributed by atoms with Gasteiger partial charge in [0.15, 0.2) is 0 Å². The highest BCUT2D eigenvalue weighted by atomic mass is 79.9. The van der Waals surface area contributed by atoms with Crippen LogP contribution in [0.3, 0.4) is 0 Å². The molecule has 1 aromatic carbocycles. The predicted octanol–water partition coefficient (Wildman–Crippen LogP) is 3.00. The summed E-state index contributed by atoms with van der Waals surface area (Å²) in [5, 5.41) is 3.34. The zero-order chi connectivity index (χ0) is 10.5. The molecule has 4 heteroatoms. The first-order chi connectivity index (χ1) is 7.34. The number of benzene rings is 1. The van der Waals surface area contributed by atoms with Crippen molar-refractivity contribution < 1.29 is 4.74 Å². The molecule has 1 atom stereocenters. The lowest BCUT2D eigenvalue weighted by molar-refractivity contribution is 0.0924. The summed E-state index contributed by atoms with van der Waals surface area (Å²) in [4.78, 5) is 0. The van der Waals surface area contributed by atoms with Gasteiger partial charge in [-0.25, -0.2) is 0 Å². The minimum Gasteiger partial charge on any atom is -0.376 e. The summed E-state index contributed by atoms with van der Waals surface area (Å²) in [6.45, 7) is 3.85. The first kappa shape index (κ1) is 14.0. The molecule has 0 saturated carbocycles. The molecule has 0 aromatic heterocycles. The van der Waals surface area contributed by atoms with E-state index < -0.39 is 0 Å². The van der Waals surface area contributed by atoms with Crippen LogP contribution >= 0.6 is 28.3 Å². The Morgan fingerprint density at radius 1 is 1.44 bits per heavy atom. The molecule has 16 heavy (non-hydrogen) atoms. The van der Waals surface area contributed by atoms with Gasteiger partial charge in [0, 0.05) is 11.0 Å². The van der Waals surface area contributed by atoms with Crippen molar-refractivity contribution in [2.24, 2.45) is 5.92 Å². The SMILES string of the molecule is Brc1cccc(COCC2CCNC2)c1.Cl. The third-order valence-corrected chi connectivity index (χ3v) is 3.17. The van der Waals surface area contributed by atoms with E-state index in [1.807, 2.05) is 12.1 Å². The Labute approximate surface area is 111 Å². The predicted molar refractivity (Wildman–Crippen MR) is 72.0 cm³/mol. The summed E-state index contributed by atoms with van der Waals surface area (Å²) in [5.41, 5.74) is 1.23. The average Bonchev–Trinajstić information content (AvgIpc) is 2.71. The highest BCUT2D eigenvalue weighted by Crippen LogP contribution is 2.13.